The summed E-state index contributed by atoms with van der Waals surface area (Å²) in [7, 11) is 0. The maximum absolute atomic E-state index is 4.30. The maximum Gasteiger partial charge on any atom is 0.123 e. The minimum Gasteiger partial charge on any atom is -0.347 e. The fraction of sp³-hybridized carbons (Fsp3) is 0.308. The Labute approximate surface area is 115 Å². The zero-order valence-electron chi connectivity index (χ0n) is 9.78. The third kappa shape index (κ3) is 3.54. The van der Waals surface area contributed by atoms with E-state index in [1.54, 1.807) is 6.20 Å². The molecule has 0 amide bonds. The van der Waals surface area contributed by atoms with Gasteiger partial charge < -0.3 is 10.3 Å². The smallest absolute Gasteiger partial charge is 0.123 e. The van der Waals surface area contributed by atoms with E-state index in [1.165, 1.54) is 9.13 Å². The van der Waals surface area contributed by atoms with Crippen LogP contribution in [0.25, 0.3) is 0 Å². The molecule has 0 aliphatic rings. The Morgan fingerprint density at radius 1 is 1.47 bits per heavy atom. The summed E-state index contributed by atoms with van der Waals surface area (Å²) in [5.41, 5.74) is 1.31. The number of hydrogen-bond acceptors (Lipinski definition) is 2. The van der Waals surface area contributed by atoms with E-state index in [0.717, 1.165) is 18.8 Å². The highest BCUT2D eigenvalue weighted by Crippen LogP contribution is 2.13. The van der Waals surface area contributed by atoms with Gasteiger partial charge in [-0.05, 0) is 46.7 Å². The van der Waals surface area contributed by atoms with Crippen LogP contribution in [0, 0.1) is 3.57 Å². The van der Waals surface area contributed by atoms with E-state index in [2.05, 4.69) is 69.1 Å². The van der Waals surface area contributed by atoms with Crippen LogP contribution in [-0.2, 0) is 6.54 Å². The van der Waals surface area contributed by atoms with E-state index in [4.69, 9.17) is 0 Å². The van der Waals surface area contributed by atoms with Gasteiger partial charge in [-0.25, -0.2) is 4.98 Å². The number of benzene rings is 1. The van der Waals surface area contributed by atoms with E-state index in [1.807, 2.05) is 6.20 Å². The van der Waals surface area contributed by atoms with Crippen LogP contribution in [0.5, 0.6) is 0 Å². The number of H-pyrrole nitrogens is 1. The molecule has 1 aromatic heterocycles. The molecule has 2 N–H and O–H groups in total. The van der Waals surface area contributed by atoms with Crippen molar-refractivity contribution in [2.75, 3.05) is 0 Å². The molecule has 0 saturated carbocycles. The predicted molar refractivity (Wildman–Crippen MR) is 77.6 cm³/mol. The van der Waals surface area contributed by atoms with Crippen LogP contribution in [0.2, 0.25) is 0 Å². The Balaban J connectivity index is 1.97. The van der Waals surface area contributed by atoms with Crippen molar-refractivity contribution in [2.45, 2.75) is 25.9 Å². The van der Waals surface area contributed by atoms with Crippen LogP contribution < -0.4 is 5.32 Å². The van der Waals surface area contributed by atoms with Crippen molar-refractivity contribution in [3.05, 3.63) is 51.6 Å². The summed E-state index contributed by atoms with van der Waals surface area (Å²) in [4.78, 5) is 7.46. The molecule has 0 spiro atoms. The Morgan fingerprint density at radius 2 is 2.35 bits per heavy atom. The summed E-state index contributed by atoms with van der Waals surface area (Å²) in [5.74, 6) is 1.01. The van der Waals surface area contributed by atoms with Crippen molar-refractivity contribution < 1.29 is 0 Å². The lowest BCUT2D eigenvalue weighted by molar-refractivity contribution is 0.498. The number of nitrogens with one attached hydrogen (secondary N) is 2. The molecule has 4 heteroatoms. The molecule has 1 heterocycles. The van der Waals surface area contributed by atoms with Crippen molar-refractivity contribution in [3.63, 3.8) is 0 Å². The lowest BCUT2D eigenvalue weighted by Gasteiger charge is -2.14. The fourth-order valence-electron chi connectivity index (χ4n) is 1.79. The summed E-state index contributed by atoms with van der Waals surface area (Å²) in [6.07, 6.45) is 4.69. The van der Waals surface area contributed by atoms with Crippen LogP contribution in [-0.4, -0.2) is 9.97 Å². The molecular formula is C13H16IN3. The van der Waals surface area contributed by atoms with Crippen LogP contribution in [0.1, 0.15) is 30.8 Å². The highest BCUT2D eigenvalue weighted by molar-refractivity contribution is 14.1. The summed E-state index contributed by atoms with van der Waals surface area (Å²) >= 11 is 2.34. The molecule has 1 aromatic carbocycles. The van der Waals surface area contributed by atoms with Gasteiger partial charge in [-0.15, -0.1) is 0 Å². The van der Waals surface area contributed by atoms with E-state index >= 15 is 0 Å². The molecule has 0 aliphatic carbocycles. The van der Waals surface area contributed by atoms with Gasteiger partial charge in [-0.2, -0.15) is 0 Å². The van der Waals surface area contributed by atoms with Gasteiger partial charge in [0.1, 0.15) is 5.82 Å². The minimum absolute atomic E-state index is 0.294. The Kier molecular flexibility index (Phi) is 4.56. The maximum atomic E-state index is 4.30. The lowest BCUT2D eigenvalue weighted by atomic mass is 10.2. The average molecular weight is 341 g/mol. The fourth-order valence-corrected chi connectivity index (χ4v) is 2.40. The molecule has 2 aromatic rings. The van der Waals surface area contributed by atoms with Gasteiger partial charge in [0.05, 0.1) is 6.04 Å². The van der Waals surface area contributed by atoms with Gasteiger partial charge in [-0.1, -0.05) is 19.1 Å². The minimum atomic E-state index is 0.294. The summed E-state index contributed by atoms with van der Waals surface area (Å²) in [6, 6.07) is 8.83. The van der Waals surface area contributed by atoms with Crippen molar-refractivity contribution in [1.82, 2.24) is 15.3 Å². The van der Waals surface area contributed by atoms with E-state index in [-0.39, 0.29) is 0 Å². The predicted octanol–water partition coefficient (Wildman–Crippen LogP) is 3.26. The third-order valence-electron chi connectivity index (χ3n) is 2.70. The second kappa shape index (κ2) is 6.16. The van der Waals surface area contributed by atoms with Gasteiger partial charge in [0.2, 0.25) is 0 Å². The van der Waals surface area contributed by atoms with Crippen molar-refractivity contribution in [1.29, 1.82) is 0 Å². The zero-order valence-corrected chi connectivity index (χ0v) is 11.9. The van der Waals surface area contributed by atoms with Gasteiger partial charge in [0, 0.05) is 22.5 Å². The first-order chi connectivity index (χ1) is 8.29. The zero-order chi connectivity index (χ0) is 12.1. The molecule has 17 heavy (non-hydrogen) atoms. The molecule has 0 saturated heterocycles. The van der Waals surface area contributed by atoms with Crippen LogP contribution in [0.15, 0.2) is 36.7 Å². The second-order valence-electron chi connectivity index (χ2n) is 3.95. The number of hydrogen-bond donors (Lipinski definition) is 2. The number of halogens is 1. The second-order valence-corrected chi connectivity index (χ2v) is 5.19. The molecule has 3 nitrogen and oxygen atoms in total. The Morgan fingerprint density at radius 3 is 3.00 bits per heavy atom. The van der Waals surface area contributed by atoms with Gasteiger partial charge in [-0.3, -0.25) is 0 Å². The number of nitrogens with zero attached hydrogens (tertiary/aromatic N) is 1. The highest BCUT2D eigenvalue weighted by Gasteiger charge is 2.10. The van der Waals surface area contributed by atoms with Crippen LogP contribution >= 0.6 is 22.6 Å². The lowest BCUT2D eigenvalue weighted by Crippen LogP contribution is -2.21. The number of aromatic amines is 1. The average Bonchev–Trinajstić information content (AvgIpc) is 2.84. The van der Waals surface area contributed by atoms with Gasteiger partial charge >= 0.3 is 0 Å². The van der Waals surface area contributed by atoms with Gasteiger partial charge in [0.25, 0.3) is 0 Å². The topological polar surface area (TPSA) is 40.7 Å². The monoisotopic (exact) mass is 341 g/mol. The number of imidazole rings is 1. The summed E-state index contributed by atoms with van der Waals surface area (Å²) in [6.45, 7) is 3.03. The van der Waals surface area contributed by atoms with Crippen molar-refractivity contribution in [3.8, 4) is 0 Å². The quantitative estimate of drug-likeness (QED) is 0.820. The largest absolute Gasteiger partial charge is 0.347 e. The first-order valence-corrected chi connectivity index (χ1v) is 6.84. The first kappa shape index (κ1) is 12.6. The van der Waals surface area contributed by atoms with Crippen molar-refractivity contribution >= 4 is 22.6 Å². The first-order valence-electron chi connectivity index (χ1n) is 5.76. The van der Waals surface area contributed by atoms with Gasteiger partial charge in [0.15, 0.2) is 0 Å². The number of aromatic nitrogens is 2. The highest BCUT2D eigenvalue weighted by atomic mass is 127. The third-order valence-corrected chi connectivity index (χ3v) is 3.37. The molecule has 0 fully saturated rings. The molecule has 2 rings (SSSR count). The van der Waals surface area contributed by atoms with E-state index in [0.29, 0.717) is 6.04 Å². The van der Waals surface area contributed by atoms with Crippen LogP contribution in [0.4, 0.5) is 0 Å². The normalized spacial score (nSPS) is 12.6. The van der Waals surface area contributed by atoms with E-state index < -0.39 is 0 Å². The van der Waals surface area contributed by atoms with Crippen LogP contribution in [0.3, 0.4) is 0 Å². The van der Waals surface area contributed by atoms with Crippen molar-refractivity contribution in [2.24, 2.45) is 0 Å². The van der Waals surface area contributed by atoms with E-state index in [9.17, 15) is 0 Å². The SMILES string of the molecule is CCC(NCc1cccc(I)c1)c1ncc[nH]1. The summed E-state index contributed by atoms with van der Waals surface area (Å²) in [5, 5.41) is 3.52. The molecule has 1 atom stereocenters. The molecule has 0 radical (unpaired) electrons. The Hall–Kier alpha value is -0.880. The molecule has 1 unspecified atom stereocenters. The standard InChI is InChI=1S/C13H16IN3/c1-2-12(13-15-6-7-16-13)17-9-10-4-3-5-11(14)8-10/h3-8,12,17H,2,9H2,1H3,(H,15,16). The Bertz CT molecular complexity index is 453. The number of rotatable bonds is 5. The summed E-state index contributed by atoms with van der Waals surface area (Å²) < 4.78 is 1.27. The molecule has 90 valence electrons. The molecule has 0 bridgehead atoms. The molecular weight excluding hydrogens is 325 g/mol. The molecule has 0 aliphatic heterocycles.